The van der Waals surface area contributed by atoms with Gasteiger partial charge >= 0.3 is 0 Å². The summed E-state index contributed by atoms with van der Waals surface area (Å²) in [6, 6.07) is 7.05. The maximum absolute atomic E-state index is 12.5. The third-order valence-corrected chi connectivity index (χ3v) is 8.02. The number of benzene rings is 1. The molecule has 0 radical (unpaired) electrons. The fourth-order valence-corrected chi connectivity index (χ4v) is 5.42. The Kier molecular flexibility index (Phi) is 6.23. The monoisotopic (exact) mass is 393 g/mol. The van der Waals surface area contributed by atoms with Crippen LogP contribution in [0.15, 0.2) is 29.2 Å². The lowest BCUT2D eigenvalue weighted by Crippen LogP contribution is -2.42. The first-order chi connectivity index (χ1) is 12.8. The van der Waals surface area contributed by atoms with Gasteiger partial charge in [-0.3, -0.25) is 4.79 Å². The van der Waals surface area contributed by atoms with E-state index in [1.165, 1.54) is 30.0 Å². The molecule has 6 nitrogen and oxygen atoms in total. The minimum absolute atomic E-state index is 0.0423. The summed E-state index contributed by atoms with van der Waals surface area (Å²) in [5.41, 5.74) is 0.893. The summed E-state index contributed by atoms with van der Waals surface area (Å²) in [5, 5.41) is 6.47. The lowest BCUT2D eigenvalue weighted by Gasteiger charge is -2.24. The Morgan fingerprint density at radius 2 is 1.89 bits per heavy atom. The van der Waals surface area contributed by atoms with Crippen LogP contribution in [0.2, 0.25) is 0 Å². The van der Waals surface area contributed by atoms with Gasteiger partial charge in [0.2, 0.25) is 15.9 Å². The molecular formula is C20H31N3O3S. The number of fused-ring (bicyclic) bond motifs is 1. The third kappa shape index (κ3) is 4.52. The third-order valence-electron chi connectivity index (χ3n) is 5.97. The van der Waals surface area contributed by atoms with Crippen LogP contribution < -0.4 is 10.6 Å². The van der Waals surface area contributed by atoms with Crippen molar-refractivity contribution in [2.24, 2.45) is 5.92 Å². The second-order valence-corrected chi connectivity index (χ2v) is 10.1. The molecule has 2 aliphatic rings. The molecule has 150 valence electrons. The molecule has 3 atom stereocenters. The van der Waals surface area contributed by atoms with Gasteiger partial charge in [0, 0.05) is 25.7 Å². The number of sulfonamides is 1. The molecule has 0 spiro atoms. The predicted molar refractivity (Wildman–Crippen MR) is 106 cm³/mol. The summed E-state index contributed by atoms with van der Waals surface area (Å²) in [6.45, 7) is 4.09. The van der Waals surface area contributed by atoms with Crippen LogP contribution in [0.25, 0.3) is 0 Å². The highest BCUT2D eigenvalue weighted by Gasteiger charge is 2.38. The molecular weight excluding hydrogens is 362 g/mol. The average molecular weight is 394 g/mol. The van der Waals surface area contributed by atoms with E-state index in [1.807, 2.05) is 13.8 Å². The Morgan fingerprint density at radius 3 is 2.52 bits per heavy atom. The molecule has 1 saturated heterocycles. The zero-order valence-electron chi connectivity index (χ0n) is 16.4. The van der Waals surface area contributed by atoms with E-state index in [1.54, 1.807) is 31.3 Å². The summed E-state index contributed by atoms with van der Waals surface area (Å²) in [5.74, 6) is 0.678. The van der Waals surface area contributed by atoms with E-state index < -0.39 is 10.0 Å². The largest absolute Gasteiger partial charge is 0.351 e. The van der Waals surface area contributed by atoms with E-state index >= 15 is 0 Å². The van der Waals surface area contributed by atoms with Crippen LogP contribution in [0.5, 0.6) is 0 Å². The number of amides is 1. The molecule has 27 heavy (non-hydrogen) atoms. The molecule has 1 saturated carbocycles. The van der Waals surface area contributed by atoms with Crippen LogP contribution in [-0.4, -0.2) is 43.8 Å². The van der Waals surface area contributed by atoms with Crippen LogP contribution in [0.4, 0.5) is 0 Å². The van der Waals surface area contributed by atoms with Crippen molar-refractivity contribution in [2.75, 3.05) is 7.05 Å². The van der Waals surface area contributed by atoms with E-state index in [-0.39, 0.29) is 22.9 Å². The van der Waals surface area contributed by atoms with Crippen LogP contribution in [-0.2, 0) is 21.4 Å². The normalized spacial score (nSPS) is 25.6. The molecule has 1 aliphatic heterocycles. The predicted octanol–water partition coefficient (Wildman–Crippen LogP) is 2.25. The standard InChI is InChI=1S/C20H31N3O3S/c1-14(2)23(3)27(25,26)17-10-8-15(9-11-17)13-21-20(24)19-12-16-6-4-5-7-18(16)22-19/h8-11,14,16,18-19,22H,4-7,12-13H2,1-3H3,(H,21,24). The minimum atomic E-state index is -3.48. The highest BCUT2D eigenvalue weighted by molar-refractivity contribution is 7.89. The average Bonchev–Trinajstić information content (AvgIpc) is 3.10. The SMILES string of the molecule is CC(C)N(C)S(=O)(=O)c1ccc(CNC(=O)C2CC3CCCCC3N2)cc1. The topological polar surface area (TPSA) is 78.5 Å². The lowest BCUT2D eigenvalue weighted by molar-refractivity contribution is -0.123. The van der Waals surface area contributed by atoms with Crippen molar-refractivity contribution in [1.82, 2.24) is 14.9 Å². The zero-order chi connectivity index (χ0) is 19.6. The van der Waals surface area contributed by atoms with Crippen molar-refractivity contribution in [3.8, 4) is 0 Å². The number of nitrogens with zero attached hydrogens (tertiary/aromatic N) is 1. The van der Waals surface area contributed by atoms with Gasteiger partial charge in [0.15, 0.2) is 0 Å². The Morgan fingerprint density at radius 1 is 1.22 bits per heavy atom. The lowest BCUT2D eigenvalue weighted by atomic mass is 9.85. The molecule has 2 N–H and O–H groups in total. The summed E-state index contributed by atoms with van der Waals surface area (Å²) in [7, 11) is -1.89. The molecule has 0 aromatic heterocycles. The summed E-state index contributed by atoms with van der Waals surface area (Å²) >= 11 is 0. The fraction of sp³-hybridized carbons (Fsp3) is 0.650. The van der Waals surface area contributed by atoms with Crippen LogP contribution in [0.1, 0.15) is 51.5 Å². The Bertz CT molecular complexity index is 747. The Hall–Kier alpha value is -1.44. The Balaban J connectivity index is 1.55. The minimum Gasteiger partial charge on any atom is -0.351 e. The van der Waals surface area contributed by atoms with Crippen molar-refractivity contribution < 1.29 is 13.2 Å². The molecule has 3 rings (SSSR count). The van der Waals surface area contributed by atoms with E-state index in [2.05, 4.69) is 10.6 Å². The van der Waals surface area contributed by atoms with Crippen molar-refractivity contribution >= 4 is 15.9 Å². The van der Waals surface area contributed by atoms with Crippen molar-refractivity contribution in [3.63, 3.8) is 0 Å². The Labute approximate surface area is 162 Å². The number of nitrogens with one attached hydrogen (secondary N) is 2. The quantitative estimate of drug-likeness (QED) is 0.777. The number of carbonyl (C=O) groups is 1. The van der Waals surface area contributed by atoms with Gasteiger partial charge in [-0.05, 0) is 56.7 Å². The van der Waals surface area contributed by atoms with Crippen molar-refractivity contribution in [3.05, 3.63) is 29.8 Å². The van der Waals surface area contributed by atoms with Crippen LogP contribution in [0.3, 0.4) is 0 Å². The first kappa shape index (κ1) is 20.3. The second kappa shape index (κ2) is 8.29. The van der Waals surface area contributed by atoms with Crippen LogP contribution >= 0.6 is 0 Å². The number of hydrogen-bond acceptors (Lipinski definition) is 4. The maximum atomic E-state index is 12.5. The highest BCUT2D eigenvalue weighted by Crippen LogP contribution is 2.33. The van der Waals surface area contributed by atoms with Gasteiger partial charge in [0.25, 0.3) is 0 Å². The van der Waals surface area contributed by atoms with Gasteiger partial charge in [0.1, 0.15) is 0 Å². The van der Waals surface area contributed by atoms with Gasteiger partial charge in [0.05, 0.1) is 10.9 Å². The van der Waals surface area contributed by atoms with E-state index in [0.717, 1.165) is 12.0 Å². The van der Waals surface area contributed by atoms with Crippen molar-refractivity contribution in [2.45, 2.75) is 75.5 Å². The maximum Gasteiger partial charge on any atom is 0.243 e. The second-order valence-electron chi connectivity index (χ2n) is 8.08. The summed E-state index contributed by atoms with van der Waals surface area (Å²) < 4.78 is 26.3. The fourth-order valence-electron chi connectivity index (χ4n) is 4.06. The molecule has 1 heterocycles. The molecule has 1 aromatic carbocycles. The molecule has 1 amide bonds. The van der Waals surface area contributed by atoms with Gasteiger partial charge in [-0.2, -0.15) is 4.31 Å². The molecule has 1 aliphatic carbocycles. The smallest absolute Gasteiger partial charge is 0.243 e. The van der Waals surface area contributed by atoms with E-state index in [9.17, 15) is 13.2 Å². The molecule has 1 aromatic rings. The van der Waals surface area contributed by atoms with E-state index in [0.29, 0.717) is 18.5 Å². The van der Waals surface area contributed by atoms with Gasteiger partial charge < -0.3 is 10.6 Å². The number of rotatable bonds is 6. The van der Waals surface area contributed by atoms with Crippen molar-refractivity contribution in [1.29, 1.82) is 0 Å². The molecule has 7 heteroatoms. The summed E-state index contributed by atoms with van der Waals surface area (Å²) in [4.78, 5) is 12.7. The van der Waals surface area contributed by atoms with Gasteiger partial charge in [-0.1, -0.05) is 25.0 Å². The number of carbonyl (C=O) groups excluding carboxylic acids is 1. The first-order valence-electron chi connectivity index (χ1n) is 9.90. The van der Waals surface area contributed by atoms with Gasteiger partial charge in [-0.25, -0.2) is 8.42 Å². The van der Waals surface area contributed by atoms with Gasteiger partial charge in [-0.15, -0.1) is 0 Å². The summed E-state index contributed by atoms with van der Waals surface area (Å²) in [6.07, 6.45) is 5.86. The molecule has 2 fully saturated rings. The molecule has 3 unspecified atom stereocenters. The number of hydrogen-bond donors (Lipinski definition) is 2. The highest BCUT2D eigenvalue weighted by atomic mass is 32.2. The zero-order valence-corrected chi connectivity index (χ0v) is 17.3. The molecule has 0 bridgehead atoms. The first-order valence-corrected chi connectivity index (χ1v) is 11.3. The van der Waals surface area contributed by atoms with Crippen LogP contribution in [0, 0.1) is 5.92 Å². The van der Waals surface area contributed by atoms with E-state index in [4.69, 9.17) is 0 Å².